The van der Waals surface area contributed by atoms with Gasteiger partial charge in [-0.1, -0.05) is 18.5 Å². The number of nitrogens with one attached hydrogen (secondary N) is 1. The third-order valence-corrected chi connectivity index (χ3v) is 3.12. The number of hydrazine groups is 1. The maximum Gasteiger partial charge on any atom is 0.266 e. The van der Waals surface area contributed by atoms with Gasteiger partial charge >= 0.3 is 0 Å². The number of nitrogen functional groups attached to an aromatic ring is 1. The van der Waals surface area contributed by atoms with Crippen molar-refractivity contribution in [3.05, 3.63) is 28.8 Å². The average Bonchev–Trinajstić information content (AvgIpc) is 2.33. The van der Waals surface area contributed by atoms with Crippen LogP contribution in [0.15, 0.2) is 18.2 Å². The van der Waals surface area contributed by atoms with Crippen LogP contribution in [0.25, 0.3) is 0 Å². The molecule has 0 atom stereocenters. The van der Waals surface area contributed by atoms with Gasteiger partial charge in [-0.3, -0.25) is 10.2 Å². The molecule has 1 aromatic rings. The predicted molar refractivity (Wildman–Crippen MR) is 67.5 cm³/mol. The quantitative estimate of drug-likeness (QED) is 0.492. The van der Waals surface area contributed by atoms with Gasteiger partial charge in [-0.25, -0.2) is 5.84 Å². The lowest BCUT2D eigenvalue weighted by Crippen LogP contribution is -2.44. The molecule has 1 amide bonds. The van der Waals surface area contributed by atoms with Crippen LogP contribution in [0, 0.1) is 5.41 Å². The SMILES string of the molecule is CC1(COc2ccc(C(=O)NN)c(Cl)c2)COC1. The smallest absolute Gasteiger partial charge is 0.266 e. The molecule has 1 fully saturated rings. The molecule has 0 radical (unpaired) electrons. The van der Waals surface area contributed by atoms with Crippen LogP contribution in [0.5, 0.6) is 5.75 Å². The molecule has 5 nitrogen and oxygen atoms in total. The van der Waals surface area contributed by atoms with E-state index in [2.05, 4.69) is 6.92 Å². The number of rotatable bonds is 4. The summed E-state index contributed by atoms with van der Waals surface area (Å²) in [5.74, 6) is 5.25. The lowest BCUT2D eigenvalue weighted by molar-refractivity contribution is -0.120. The first kappa shape index (κ1) is 13.1. The normalized spacial score (nSPS) is 16.8. The second kappa shape index (κ2) is 5.14. The Bertz CT molecular complexity index is 461. The molecule has 98 valence electrons. The van der Waals surface area contributed by atoms with Crippen molar-refractivity contribution in [1.29, 1.82) is 0 Å². The Morgan fingerprint density at radius 3 is 2.83 bits per heavy atom. The summed E-state index contributed by atoms with van der Waals surface area (Å²) in [4.78, 5) is 11.3. The first-order valence-corrected chi connectivity index (χ1v) is 5.93. The van der Waals surface area contributed by atoms with Gasteiger partial charge in [0.2, 0.25) is 0 Å². The third-order valence-electron chi connectivity index (χ3n) is 2.80. The molecular weight excluding hydrogens is 256 g/mol. The molecule has 1 aromatic carbocycles. The van der Waals surface area contributed by atoms with Crippen LogP contribution in [-0.4, -0.2) is 25.7 Å². The van der Waals surface area contributed by atoms with E-state index < -0.39 is 5.91 Å². The van der Waals surface area contributed by atoms with Crippen molar-refractivity contribution < 1.29 is 14.3 Å². The Hall–Kier alpha value is -1.30. The zero-order valence-electron chi connectivity index (χ0n) is 10.0. The molecule has 0 aliphatic carbocycles. The minimum absolute atomic E-state index is 0.0692. The molecule has 0 bridgehead atoms. The van der Waals surface area contributed by atoms with Crippen molar-refractivity contribution in [2.75, 3.05) is 19.8 Å². The summed E-state index contributed by atoms with van der Waals surface area (Å²) < 4.78 is 10.8. The lowest BCUT2D eigenvalue weighted by Gasteiger charge is -2.37. The fourth-order valence-electron chi connectivity index (χ4n) is 1.64. The molecule has 1 heterocycles. The van der Waals surface area contributed by atoms with Gasteiger partial charge in [0.25, 0.3) is 5.91 Å². The number of carbonyl (C=O) groups is 1. The van der Waals surface area contributed by atoms with Crippen LogP contribution in [0.1, 0.15) is 17.3 Å². The monoisotopic (exact) mass is 270 g/mol. The van der Waals surface area contributed by atoms with Crippen LogP contribution >= 0.6 is 11.6 Å². The number of halogens is 1. The minimum Gasteiger partial charge on any atom is -0.493 e. The Balaban J connectivity index is 2.02. The number of nitrogens with two attached hydrogens (primary N) is 1. The van der Waals surface area contributed by atoms with Gasteiger partial charge in [-0.15, -0.1) is 0 Å². The number of amides is 1. The average molecular weight is 271 g/mol. The molecule has 3 N–H and O–H groups in total. The molecule has 1 aliphatic heterocycles. The highest BCUT2D eigenvalue weighted by molar-refractivity contribution is 6.34. The molecule has 0 spiro atoms. The van der Waals surface area contributed by atoms with E-state index in [-0.39, 0.29) is 5.41 Å². The second-order valence-corrected chi connectivity index (χ2v) is 5.11. The summed E-state index contributed by atoms with van der Waals surface area (Å²) in [7, 11) is 0. The van der Waals surface area contributed by atoms with Crippen LogP contribution in [-0.2, 0) is 4.74 Å². The topological polar surface area (TPSA) is 73.6 Å². The summed E-state index contributed by atoms with van der Waals surface area (Å²) >= 11 is 5.98. The maximum absolute atomic E-state index is 11.3. The van der Waals surface area contributed by atoms with E-state index in [1.165, 1.54) is 0 Å². The van der Waals surface area contributed by atoms with Gasteiger partial charge in [-0.05, 0) is 18.2 Å². The van der Waals surface area contributed by atoms with E-state index in [9.17, 15) is 4.79 Å². The summed E-state index contributed by atoms with van der Waals surface area (Å²) in [6, 6.07) is 4.88. The van der Waals surface area contributed by atoms with Gasteiger partial charge in [-0.2, -0.15) is 0 Å². The molecular formula is C12H15ClN2O3. The second-order valence-electron chi connectivity index (χ2n) is 4.71. The zero-order chi connectivity index (χ0) is 13.2. The van der Waals surface area contributed by atoms with Gasteiger partial charge < -0.3 is 9.47 Å². The Kier molecular flexibility index (Phi) is 3.75. The number of hydrogen-bond donors (Lipinski definition) is 2. The molecule has 0 aromatic heterocycles. The van der Waals surface area contributed by atoms with Gasteiger partial charge in [0.15, 0.2) is 0 Å². The molecule has 6 heteroatoms. The number of ether oxygens (including phenoxy) is 2. The Morgan fingerprint density at radius 2 is 2.33 bits per heavy atom. The third kappa shape index (κ3) is 2.75. The number of carbonyl (C=O) groups excluding carboxylic acids is 1. The fourth-order valence-corrected chi connectivity index (χ4v) is 1.90. The van der Waals surface area contributed by atoms with Gasteiger partial charge in [0.1, 0.15) is 5.75 Å². The molecule has 18 heavy (non-hydrogen) atoms. The lowest BCUT2D eigenvalue weighted by atomic mass is 9.90. The van der Waals surface area contributed by atoms with E-state index in [0.29, 0.717) is 36.2 Å². The van der Waals surface area contributed by atoms with Crippen molar-refractivity contribution in [1.82, 2.24) is 5.43 Å². The zero-order valence-corrected chi connectivity index (χ0v) is 10.8. The highest BCUT2D eigenvalue weighted by atomic mass is 35.5. The minimum atomic E-state index is -0.425. The number of hydrogen-bond acceptors (Lipinski definition) is 4. The highest BCUT2D eigenvalue weighted by Crippen LogP contribution is 2.29. The van der Waals surface area contributed by atoms with Crippen molar-refractivity contribution in [2.24, 2.45) is 11.3 Å². The van der Waals surface area contributed by atoms with E-state index in [4.69, 9.17) is 26.9 Å². The molecule has 0 unspecified atom stereocenters. The van der Waals surface area contributed by atoms with E-state index in [0.717, 1.165) is 0 Å². The van der Waals surface area contributed by atoms with Crippen LogP contribution in [0.2, 0.25) is 5.02 Å². The molecule has 1 aliphatic rings. The standard InChI is InChI=1S/C12H15ClN2O3/c1-12(5-17-6-12)7-18-8-2-3-9(10(13)4-8)11(16)15-14/h2-4H,5-7,14H2,1H3,(H,15,16). The van der Waals surface area contributed by atoms with Crippen LogP contribution < -0.4 is 16.0 Å². The summed E-state index contributed by atoms with van der Waals surface area (Å²) in [5.41, 5.74) is 2.43. The largest absolute Gasteiger partial charge is 0.493 e. The molecule has 0 saturated carbocycles. The van der Waals surface area contributed by atoms with E-state index in [1.54, 1.807) is 18.2 Å². The first-order valence-electron chi connectivity index (χ1n) is 5.55. The van der Waals surface area contributed by atoms with E-state index >= 15 is 0 Å². The Morgan fingerprint density at radius 1 is 1.61 bits per heavy atom. The van der Waals surface area contributed by atoms with Crippen molar-refractivity contribution >= 4 is 17.5 Å². The molecule has 2 rings (SSSR count). The van der Waals surface area contributed by atoms with Crippen molar-refractivity contribution in [3.63, 3.8) is 0 Å². The predicted octanol–water partition coefficient (Wildman–Crippen LogP) is 1.36. The molecule has 1 saturated heterocycles. The van der Waals surface area contributed by atoms with Crippen molar-refractivity contribution in [2.45, 2.75) is 6.92 Å². The van der Waals surface area contributed by atoms with Crippen molar-refractivity contribution in [3.8, 4) is 5.75 Å². The Labute approximate surface area is 110 Å². The fraction of sp³-hybridized carbons (Fsp3) is 0.417. The van der Waals surface area contributed by atoms with Gasteiger partial charge in [0, 0.05) is 5.41 Å². The van der Waals surface area contributed by atoms with E-state index in [1.807, 2.05) is 5.43 Å². The summed E-state index contributed by atoms with van der Waals surface area (Å²) in [6.07, 6.45) is 0. The summed E-state index contributed by atoms with van der Waals surface area (Å²) in [6.45, 7) is 4.06. The summed E-state index contributed by atoms with van der Waals surface area (Å²) in [5, 5.41) is 0.311. The van der Waals surface area contributed by atoms with Gasteiger partial charge in [0.05, 0.1) is 30.4 Å². The van der Waals surface area contributed by atoms with Crippen LogP contribution in [0.4, 0.5) is 0 Å². The first-order chi connectivity index (χ1) is 8.54. The highest BCUT2D eigenvalue weighted by Gasteiger charge is 2.34. The maximum atomic E-state index is 11.3. The number of benzene rings is 1. The van der Waals surface area contributed by atoms with Crippen LogP contribution in [0.3, 0.4) is 0 Å².